The van der Waals surface area contributed by atoms with Crippen LogP contribution in [0, 0.1) is 12.3 Å². The van der Waals surface area contributed by atoms with Gasteiger partial charge in [0.05, 0.1) is 20.4 Å². The predicted octanol–water partition coefficient (Wildman–Crippen LogP) is 3.24. The Balaban J connectivity index is 2.14. The Kier molecular flexibility index (Phi) is 7.06. The first-order chi connectivity index (χ1) is 12.6. The van der Waals surface area contributed by atoms with E-state index in [0.29, 0.717) is 28.4 Å². The Morgan fingerprint density at radius 2 is 1.92 bits per heavy atom. The summed E-state index contributed by atoms with van der Waals surface area (Å²) in [6, 6.07) is 10.2. The van der Waals surface area contributed by atoms with Crippen LogP contribution in [-0.4, -0.2) is 32.9 Å². The molecule has 134 valence electrons. The normalized spacial score (nSPS) is 10.2. The minimum Gasteiger partial charge on any atom is -0.497 e. The Morgan fingerprint density at radius 1 is 1.23 bits per heavy atom. The molecule has 0 aliphatic carbocycles. The molecule has 7 heteroatoms. The average Bonchev–Trinajstić information content (AvgIpc) is 2.66. The van der Waals surface area contributed by atoms with Gasteiger partial charge in [0.1, 0.15) is 23.9 Å². The lowest BCUT2D eigenvalue weighted by molar-refractivity contribution is 0.0954. The van der Waals surface area contributed by atoms with Gasteiger partial charge in [-0.2, -0.15) is 5.10 Å². The van der Waals surface area contributed by atoms with E-state index in [-0.39, 0.29) is 6.61 Å². The fraction of sp³-hybridized carbons (Fsp3) is 0.158. The molecule has 0 aliphatic heterocycles. The maximum atomic E-state index is 12.3. The number of hydrogen-bond donors (Lipinski definition) is 1. The third-order valence-corrected chi connectivity index (χ3v) is 3.76. The van der Waals surface area contributed by atoms with Gasteiger partial charge in [-0.3, -0.25) is 4.79 Å². The van der Waals surface area contributed by atoms with E-state index in [2.05, 4.69) is 32.4 Å². The third kappa shape index (κ3) is 5.26. The third-order valence-electron chi connectivity index (χ3n) is 3.27. The Bertz CT molecular complexity index is 837. The van der Waals surface area contributed by atoms with Gasteiger partial charge < -0.3 is 14.2 Å². The van der Waals surface area contributed by atoms with Gasteiger partial charge in [0.25, 0.3) is 5.91 Å². The van der Waals surface area contributed by atoms with Gasteiger partial charge in [0, 0.05) is 21.7 Å². The van der Waals surface area contributed by atoms with Crippen LogP contribution < -0.4 is 19.6 Å². The van der Waals surface area contributed by atoms with Gasteiger partial charge in [-0.05, 0) is 30.3 Å². The zero-order valence-electron chi connectivity index (χ0n) is 14.3. The summed E-state index contributed by atoms with van der Waals surface area (Å²) in [6.45, 7) is 0.137. The van der Waals surface area contributed by atoms with E-state index in [9.17, 15) is 4.79 Å². The fourth-order valence-electron chi connectivity index (χ4n) is 2.03. The lowest BCUT2D eigenvalue weighted by Crippen LogP contribution is -2.17. The van der Waals surface area contributed by atoms with Crippen molar-refractivity contribution < 1.29 is 19.0 Å². The fourth-order valence-corrected chi connectivity index (χ4v) is 2.41. The Hall–Kier alpha value is -2.98. The number of amides is 1. The quantitative estimate of drug-likeness (QED) is 0.427. The zero-order valence-corrected chi connectivity index (χ0v) is 15.9. The first-order valence-electron chi connectivity index (χ1n) is 7.49. The minimum absolute atomic E-state index is 0.137. The Labute approximate surface area is 160 Å². The van der Waals surface area contributed by atoms with Crippen molar-refractivity contribution in [2.45, 2.75) is 0 Å². The van der Waals surface area contributed by atoms with E-state index in [4.69, 9.17) is 20.6 Å². The summed E-state index contributed by atoms with van der Waals surface area (Å²) in [4.78, 5) is 12.3. The van der Waals surface area contributed by atoms with E-state index < -0.39 is 5.91 Å². The summed E-state index contributed by atoms with van der Waals surface area (Å²) in [5, 5.41) is 3.98. The van der Waals surface area contributed by atoms with Crippen molar-refractivity contribution >= 4 is 28.1 Å². The van der Waals surface area contributed by atoms with Crippen molar-refractivity contribution in [3.05, 3.63) is 52.0 Å². The van der Waals surface area contributed by atoms with Crippen LogP contribution in [0.2, 0.25) is 0 Å². The molecule has 0 aromatic heterocycles. The van der Waals surface area contributed by atoms with E-state index in [1.54, 1.807) is 30.3 Å². The molecule has 0 aliphatic rings. The molecule has 0 radical (unpaired) electrons. The van der Waals surface area contributed by atoms with Crippen molar-refractivity contribution in [3.8, 4) is 29.6 Å². The maximum absolute atomic E-state index is 12.3. The van der Waals surface area contributed by atoms with Crippen LogP contribution in [0.3, 0.4) is 0 Å². The SMILES string of the molecule is C#CCOc1ccc(Br)cc1C=NNC(=O)c1cc(OC)cc(OC)c1. The number of hydrazone groups is 1. The number of nitrogens with one attached hydrogen (secondary N) is 1. The van der Waals surface area contributed by atoms with Gasteiger partial charge >= 0.3 is 0 Å². The second kappa shape index (κ2) is 9.49. The minimum atomic E-state index is -0.403. The topological polar surface area (TPSA) is 69.2 Å². The molecule has 0 atom stereocenters. The molecule has 2 aromatic rings. The number of carbonyl (C=O) groups excluding carboxylic acids is 1. The second-order valence-electron chi connectivity index (χ2n) is 4.98. The molecule has 0 fully saturated rings. The summed E-state index contributed by atoms with van der Waals surface area (Å²) in [6.07, 6.45) is 6.69. The molecule has 26 heavy (non-hydrogen) atoms. The number of carbonyl (C=O) groups is 1. The first-order valence-corrected chi connectivity index (χ1v) is 8.29. The number of rotatable bonds is 7. The molecular formula is C19H17BrN2O4. The number of nitrogens with zero attached hydrogens (tertiary/aromatic N) is 1. The number of ether oxygens (including phenoxy) is 3. The van der Waals surface area contributed by atoms with Crippen LogP contribution >= 0.6 is 15.9 Å². The van der Waals surface area contributed by atoms with Crippen LogP contribution in [-0.2, 0) is 0 Å². The summed E-state index contributed by atoms with van der Waals surface area (Å²) < 4.78 is 16.6. The van der Waals surface area contributed by atoms with Gasteiger partial charge in [0.15, 0.2) is 0 Å². The highest BCUT2D eigenvalue weighted by atomic mass is 79.9. The highest BCUT2D eigenvalue weighted by molar-refractivity contribution is 9.10. The maximum Gasteiger partial charge on any atom is 0.271 e. The van der Waals surface area contributed by atoms with E-state index in [0.717, 1.165) is 4.47 Å². The number of halogens is 1. The molecule has 0 saturated carbocycles. The van der Waals surface area contributed by atoms with Gasteiger partial charge in [0.2, 0.25) is 0 Å². The van der Waals surface area contributed by atoms with Crippen molar-refractivity contribution in [1.82, 2.24) is 5.43 Å². The summed E-state index contributed by atoms with van der Waals surface area (Å²) >= 11 is 3.38. The molecule has 2 rings (SSSR count). The van der Waals surface area contributed by atoms with Crippen LogP contribution in [0.4, 0.5) is 0 Å². The molecule has 0 unspecified atom stereocenters. The summed E-state index contributed by atoms with van der Waals surface area (Å²) in [7, 11) is 3.03. The van der Waals surface area contributed by atoms with Crippen molar-refractivity contribution in [3.63, 3.8) is 0 Å². The number of terminal acetylenes is 1. The highest BCUT2D eigenvalue weighted by Crippen LogP contribution is 2.23. The standard InChI is InChI=1S/C19H17BrN2O4/c1-4-7-26-18-6-5-15(20)8-14(18)12-21-22-19(23)13-9-16(24-2)11-17(10-13)25-3/h1,5-6,8-12H,7H2,2-3H3,(H,22,23). The zero-order chi connectivity index (χ0) is 18.9. The number of methoxy groups -OCH3 is 2. The van der Waals surface area contributed by atoms with Crippen molar-refractivity contribution in [1.29, 1.82) is 0 Å². The lowest BCUT2D eigenvalue weighted by atomic mass is 10.2. The molecule has 1 amide bonds. The Morgan fingerprint density at radius 3 is 2.54 bits per heavy atom. The van der Waals surface area contributed by atoms with E-state index >= 15 is 0 Å². The van der Waals surface area contributed by atoms with Crippen LogP contribution in [0.1, 0.15) is 15.9 Å². The lowest BCUT2D eigenvalue weighted by Gasteiger charge is -2.08. The largest absolute Gasteiger partial charge is 0.497 e. The molecule has 1 N–H and O–H groups in total. The van der Waals surface area contributed by atoms with Gasteiger partial charge in [-0.15, -0.1) is 6.42 Å². The predicted molar refractivity (Wildman–Crippen MR) is 103 cm³/mol. The molecule has 0 bridgehead atoms. The highest BCUT2D eigenvalue weighted by Gasteiger charge is 2.09. The first kappa shape index (κ1) is 19.3. The van der Waals surface area contributed by atoms with Gasteiger partial charge in [-0.25, -0.2) is 5.43 Å². The molecule has 0 heterocycles. The van der Waals surface area contributed by atoms with E-state index in [1.165, 1.54) is 20.4 Å². The molecule has 0 saturated heterocycles. The monoisotopic (exact) mass is 416 g/mol. The molecular weight excluding hydrogens is 400 g/mol. The number of benzene rings is 2. The van der Waals surface area contributed by atoms with Crippen molar-refractivity contribution in [2.75, 3.05) is 20.8 Å². The van der Waals surface area contributed by atoms with Crippen LogP contribution in [0.15, 0.2) is 46.0 Å². The smallest absolute Gasteiger partial charge is 0.271 e. The van der Waals surface area contributed by atoms with Crippen molar-refractivity contribution in [2.24, 2.45) is 5.10 Å². The summed E-state index contributed by atoms with van der Waals surface area (Å²) in [5.41, 5.74) is 3.48. The second-order valence-corrected chi connectivity index (χ2v) is 5.89. The number of hydrogen-bond acceptors (Lipinski definition) is 5. The summed E-state index contributed by atoms with van der Waals surface area (Å²) in [5.74, 6) is 3.58. The molecule has 0 spiro atoms. The van der Waals surface area contributed by atoms with Gasteiger partial charge in [-0.1, -0.05) is 21.9 Å². The average molecular weight is 417 g/mol. The van der Waals surface area contributed by atoms with E-state index in [1.807, 2.05) is 6.07 Å². The molecule has 2 aromatic carbocycles. The van der Waals surface area contributed by atoms with Crippen LogP contribution in [0.5, 0.6) is 17.2 Å². The molecule has 6 nitrogen and oxygen atoms in total. The van der Waals surface area contributed by atoms with Crippen LogP contribution in [0.25, 0.3) is 0 Å².